The van der Waals surface area contributed by atoms with E-state index in [1.807, 2.05) is 30.3 Å². The van der Waals surface area contributed by atoms with Gasteiger partial charge in [-0.3, -0.25) is 4.79 Å². The van der Waals surface area contributed by atoms with Crippen LogP contribution in [0.2, 0.25) is 10.0 Å². The van der Waals surface area contributed by atoms with Crippen molar-refractivity contribution in [1.29, 1.82) is 0 Å². The summed E-state index contributed by atoms with van der Waals surface area (Å²) in [5.41, 5.74) is 1.71. The standard InChI is InChI=1S/C20H18Cl2N4O3S/c21-17-9-18(22)19(30(28,29)25-14-6-7-14)8-16(17)20(27)23-10-13-11-24-26(12-13)15-4-2-1-3-5-15/h1-5,8-9,11-12,14,25H,6-7,10H2,(H,23,27). The molecular formula is C20H18Cl2N4O3S. The Morgan fingerprint density at radius 2 is 1.87 bits per heavy atom. The molecule has 1 fully saturated rings. The van der Waals surface area contributed by atoms with Gasteiger partial charge < -0.3 is 5.32 Å². The second kappa shape index (κ2) is 8.39. The Labute approximate surface area is 184 Å². The van der Waals surface area contributed by atoms with Crippen molar-refractivity contribution in [3.05, 3.63) is 76.0 Å². The van der Waals surface area contributed by atoms with Gasteiger partial charge in [-0.2, -0.15) is 5.10 Å². The van der Waals surface area contributed by atoms with E-state index >= 15 is 0 Å². The molecule has 30 heavy (non-hydrogen) atoms. The minimum absolute atomic E-state index is 0.0335. The molecule has 156 valence electrons. The lowest BCUT2D eigenvalue weighted by Gasteiger charge is -2.11. The molecule has 2 N–H and O–H groups in total. The SMILES string of the molecule is O=C(NCc1cnn(-c2ccccc2)c1)c1cc(S(=O)(=O)NC2CC2)c(Cl)cc1Cl. The van der Waals surface area contributed by atoms with E-state index in [0.717, 1.165) is 24.1 Å². The average molecular weight is 465 g/mol. The molecule has 1 aromatic heterocycles. The molecule has 10 heteroatoms. The number of para-hydroxylation sites is 1. The summed E-state index contributed by atoms with van der Waals surface area (Å²) in [5, 5.41) is 7.06. The summed E-state index contributed by atoms with van der Waals surface area (Å²) in [6, 6.07) is 12.0. The highest BCUT2D eigenvalue weighted by Gasteiger charge is 2.30. The summed E-state index contributed by atoms with van der Waals surface area (Å²) in [6.07, 6.45) is 5.02. The first-order valence-corrected chi connectivity index (χ1v) is 11.5. The zero-order valence-electron chi connectivity index (χ0n) is 15.7. The number of hydrogen-bond acceptors (Lipinski definition) is 4. The average Bonchev–Trinajstić information content (AvgIpc) is 3.38. The molecule has 0 unspecified atom stereocenters. The van der Waals surface area contributed by atoms with Crippen molar-refractivity contribution in [2.75, 3.05) is 0 Å². The number of nitrogens with one attached hydrogen (secondary N) is 2. The van der Waals surface area contributed by atoms with E-state index in [9.17, 15) is 13.2 Å². The highest BCUT2D eigenvalue weighted by Crippen LogP contribution is 2.30. The number of carbonyl (C=O) groups is 1. The Morgan fingerprint density at radius 1 is 1.13 bits per heavy atom. The summed E-state index contributed by atoms with van der Waals surface area (Å²) < 4.78 is 29.3. The van der Waals surface area contributed by atoms with E-state index in [1.165, 1.54) is 12.1 Å². The Balaban J connectivity index is 1.49. The molecule has 3 aromatic rings. The Hall–Kier alpha value is -2.39. The second-order valence-electron chi connectivity index (χ2n) is 6.97. The van der Waals surface area contributed by atoms with Gasteiger partial charge in [0.05, 0.1) is 27.5 Å². The van der Waals surface area contributed by atoms with Gasteiger partial charge >= 0.3 is 0 Å². The lowest BCUT2D eigenvalue weighted by molar-refractivity contribution is 0.0951. The molecule has 1 saturated carbocycles. The minimum Gasteiger partial charge on any atom is -0.348 e. The maximum Gasteiger partial charge on any atom is 0.253 e. The maximum atomic E-state index is 12.7. The van der Waals surface area contributed by atoms with Gasteiger partial charge in [0.2, 0.25) is 10.0 Å². The second-order valence-corrected chi connectivity index (χ2v) is 9.47. The van der Waals surface area contributed by atoms with E-state index < -0.39 is 15.9 Å². The fraction of sp³-hybridized carbons (Fsp3) is 0.200. The lowest BCUT2D eigenvalue weighted by Crippen LogP contribution is -2.27. The molecule has 0 atom stereocenters. The number of sulfonamides is 1. The number of nitrogens with zero attached hydrogens (tertiary/aromatic N) is 2. The van der Waals surface area contributed by atoms with Crippen molar-refractivity contribution >= 4 is 39.1 Å². The molecule has 0 saturated heterocycles. The van der Waals surface area contributed by atoms with Crippen LogP contribution in [0.3, 0.4) is 0 Å². The molecule has 1 amide bonds. The van der Waals surface area contributed by atoms with E-state index in [1.54, 1.807) is 17.1 Å². The van der Waals surface area contributed by atoms with E-state index in [0.29, 0.717) is 0 Å². The topological polar surface area (TPSA) is 93.1 Å². The summed E-state index contributed by atoms with van der Waals surface area (Å²) in [6.45, 7) is 0.201. The molecule has 1 heterocycles. The van der Waals surface area contributed by atoms with Crippen molar-refractivity contribution in [2.24, 2.45) is 0 Å². The number of amides is 1. The van der Waals surface area contributed by atoms with Crippen LogP contribution in [0.4, 0.5) is 0 Å². The third-order valence-electron chi connectivity index (χ3n) is 4.56. The fourth-order valence-electron chi connectivity index (χ4n) is 2.84. The Kier molecular flexibility index (Phi) is 5.84. The Bertz CT molecular complexity index is 1190. The van der Waals surface area contributed by atoms with Gasteiger partial charge in [0.15, 0.2) is 0 Å². The van der Waals surface area contributed by atoms with Gasteiger partial charge in [-0.05, 0) is 37.1 Å². The number of hydrogen-bond donors (Lipinski definition) is 2. The monoisotopic (exact) mass is 464 g/mol. The first kappa shape index (κ1) is 20.9. The summed E-state index contributed by atoms with van der Waals surface area (Å²) in [7, 11) is -3.83. The fourth-order valence-corrected chi connectivity index (χ4v) is 5.01. The number of benzene rings is 2. The molecule has 0 spiro atoms. The Morgan fingerprint density at radius 3 is 2.57 bits per heavy atom. The molecule has 0 radical (unpaired) electrons. The largest absolute Gasteiger partial charge is 0.348 e. The van der Waals surface area contributed by atoms with Crippen LogP contribution in [0.25, 0.3) is 5.69 Å². The molecule has 4 rings (SSSR count). The summed E-state index contributed by atoms with van der Waals surface area (Å²) in [5.74, 6) is -0.507. The quantitative estimate of drug-likeness (QED) is 0.558. The van der Waals surface area contributed by atoms with Gasteiger partial charge in [-0.25, -0.2) is 17.8 Å². The van der Waals surface area contributed by atoms with Crippen molar-refractivity contribution in [2.45, 2.75) is 30.3 Å². The van der Waals surface area contributed by atoms with Crippen LogP contribution in [-0.2, 0) is 16.6 Å². The van der Waals surface area contributed by atoms with Crippen LogP contribution in [0.5, 0.6) is 0 Å². The van der Waals surface area contributed by atoms with Gasteiger partial charge in [0, 0.05) is 24.3 Å². The van der Waals surface area contributed by atoms with Gasteiger partial charge in [-0.15, -0.1) is 0 Å². The van der Waals surface area contributed by atoms with Crippen molar-refractivity contribution in [3.63, 3.8) is 0 Å². The molecule has 0 aliphatic heterocycles. The van der Waals surface area contributed by atoms with Crippen LogP contribution in [0.1, 0.15) is 28.8 Å². The van der Waals surface area contributed by atoms with Crippen molar-refractivity contribution in [1.82, 2.24) is 19.8 Å². The molecule has 7 nitrogen and oxygen atoms in total. The number of carbonyl (C=O) groups excluding carboxylic acids is 1. The third kappa shape index (κ3) is 4.67. The molecular weight excluding hydrogens is 447 g/mol. The molecule has 1 aliphatic carbocycles. The first-order valence-electron chi connectivity index (χ1n) is 9.22. The van der Waals surface area contributed by atoms with Crippen LogP contribution in [0, 0.1) is 0 Å². The van der Waals surface area contributed by atoms with Gasteiger partial charge in [-0.1, -0.05) is 41.4 Å². The molecule has 1 aliphatic rings. The predicted molar refractivity (Wildman–Crippen MR) is 115 cm³/mol. The van der Waals surface area contributed by atoms with Crippen molar-refractivity contribution in [3.8, 4) is 5.69 Å². The van der Waals surface area contributed by atoms with Crippen molar-refractivity contribution < 1.29 is 13.2 Å². The highest BCUT2D eigenvalue weighted by molar-refractivity contribution is 7.89. The van der Waals surface area contributed by atoms with Crippen LogP contribution in [0.15, 0.2) is 59.8 Å². The van der Waals surface area contributed by atoms with Gasteiger partial charge in [0.1, 0.15) is 4.90 Å². The summed E-state index contributed by atoms with van der Waals surface area (Å²) in [4.78, 5) is 12.5. The normalized spacial score (nSPS) is 13.9. The minimum atomic E-state index is -3.83. The van der Waals surface area contributed by atoms with Crippen LogP contribution >= 0.6 is 23.2 Å². The molecule has 2 aromatic carbocycles. The zero-order chi connectivity index (χ0) is 21.3. The lowest BCUT2D eigenvalue weighted by atomic mass is 10.2. The maximum absolute atomic E-state index is 12.7. The third-order valence-corrected chi connectivity index (χ3v) is 6.86. The number of rotatable bonds is 7. The first-order chi connectivity index (χ1) is 14.3. The van der Waals surface area contributed by atoms with Crippen LogP contribution < -0.4 is 10.0 Å². The molecule has 0 bridgehead atoms. The zero-order valence-corrected chi connectivity index (χ0v) is 18.0. The summed E-state index contributed by atoms with van der Waals surface area (Å²) >= 11 is 12.2. The van der Waals surface area contributed by atoms with E-state index in [-0.39, 0.29) is 33.1 Å². The smallest absolute Gasteiger partial charge is 0.253 e. The number of aromatic nitrogens is 2. The van der Waals surface area contributed by atoms with E-state index in [4.69, 9.17) is 23.2 Å². The number of halogens is 2. The van der Waals surface area contributed by atoms with Gasteiger partial charge in [0.25, 0.3) is 5.91 Å². The predicted octanol–water partition coefficient (Wildman–Crippen LogP) is 3.55. The van der Waals surface area contributed by atoms with E-state index in [2.05, 4.69) is 15.1 Å². The van der Waals surface area contributed by atoms with Crippen LogP contribution in [-0.4, -0.2) is 30.1 Å². The highest BCUT2D eigenvalue weighted by atomic mass is 35.5.